The second-order valence-corrected chi connectivity index (χ2v) is 20.8. The summed E-state index contributed by atoms with van der Waals surface area (Å²) in [5.41, 5.74) is 0. The van der Waals surface area contributed by atoms with Gasteiger partial charge in [-0.3, -0.25) is 27.7 Å². The summed E-state index contributed by atoms with van der Waals surface area (Å²) >= 11 is 0. The van der Waals surface area contributed by atoms with E-state index in [0.717, 1.165) is 44.9 Å². The van der Waals surface area contributed by atoms with Gasteiger partial charge in [0.05, 0.1) is 6.61 Å². The number of hydrogen-bond donors (Lipinski definition) is 8. The number of rotatable bonds is 41. The zero-order valence-electron chi connectivity index (χ0n) is 40.2. The molecule has 1 aliphatic carbocycles. The van der Waals surface area contributed by atoms with Crippen LogP contribution in [0.1, 0.15) is 174 Å². The minimum atomic E-state index is -5.61. The fourth-order valence-electron chi connectivity index (χ4n) is 7.22. The molecule has 0 saturated heterocycles. The van der Waals surface area contributed by atoms with Crippen LogP contribution in [0.5, 0.6) is 0 Å². The van der Waals surface area contributed by atoms with E-state index in [9.17, 15) is 63.1 Å². The molecule has 0 aromatic carbocycles. The molecule has 0 aliphatic heterocycles. The first kappa shape index (κ1) is 64.1. The molecular formula is C46H83O19P3. The van der Waals surface area contributed by atoms with Crippen molar-refractivity contribution in [3.8, 4) is 0 Å². The van der Waals surface area contributed by atoms with Gasteiger partial charge in [-0.15, -0.1) is 0 Å². The summed E-state index contributed by atoms with van der Waals surface area (Å²) in [7, 11) is -16.6. The van der Waals surface area contributed by atoms with Gasteiger partial charge < -0.3 is 49.3 Å². The number of carbonyl (C=O) groups is 2. The summed E-state index contributed by atoms with van der Waals surface area (Å²) in [6.07, 6.45) is 24.2. The molecule has 1 saturated carbocycles. The molecule has 0 amide bonds. The quantitative estimate of drug-likeness (QED) is 0.0123. The van der Waals surface area contributed by atoms with E-state index in [1.807, 2.05) is 18.2 Å². The van der Waals surface area contributed by atoms with Crippen LogP contribution < -0.4 is 0 Å². The van der Waals surface area contributed by atoms with Gasteiger partial charge >= 0.3 is 35.4 Å². The van der Waals surface area contributed by atoms with Crippen LogP contribution >= 0.6 is 23.5 Å². The van der Waals surface area contributed by atoms with Crippen molar-refractivity contribution in [1.29, 1.82) is 0 Å². The molecule has 0 bridgehead atoms. The Hall–Kier alpha value is -1.89. The van der Waals surface area contributed by atoms with E-state index < -0.39 is 91.3 Å². The van der Waals surface area contributed by atoms with Gasteiger partial charge in [0.15, 0.2) is 6.10 Å². The van der Waals surface area contributed by atoms with E-state index in [4.69, 9.17) is 18.5 Å². The number of esters is 2. The Labute approximate surface area is 403 Å². The molecule has 1 unspecified atom stereocenters. The third-order valence-corrected chi connectivity index (χ3v) is 12.9. The lowest BCUT2D eigenvalue weighted by atomic mass is 9.85. The van der Waals surface area contributed by atoms with Gasteiger partial charge in [0.25, 0.3) is 0 Å². The van der Waals surface area contributed by atoms with E-state index in [1.54, 1.807) is 0 Å². The van der Waals surface area contributed by atoms with Gasteiger partial charge in [-0.2, -0.15) is 0 Å². The van der Waals surface area contributed by atoms with Crippen molar-refractivity contribution in [2.24, 2.45) is 0 Å². The Balaban J connectivity index is 2.76. The summed E-state index contributed by atoms with van der Waals surface area (Å²) in [4.78, 5) is 73.2. The van der Waals surface area contributed by atoms with Crippen LogP contribution in [-0.4, -0.2) is 108 Å². The molecule has 0 heterocycles. The highest BCUT2D eigenvalue weighted by Gasteiger charge is 2.56. The van der Waals surface area contributed by atoms with Crippen LogP contribution in [0, 0.1) is 0 Å². The van der Waals surface area contributed by atoms with Crippen molar-refractivity contribution in [3.63, 3.8) is 0 Å². The zero-order chi connectivity index (χ0) is 50.7. The predicted octanol–water partition coefficient (Wildman–Crippen LogP) is 9.01. The van der Waals surface area contributed by atoms with E-state index >= 15 is 0 Å². The number of ether oxygens (including phenoxy) is 2. The molecule has 8 N–H and O–H groups in total. The number of phosphoric acid groups is 3. The molecule has 0 spiro atoms. The van der Waals surface area contributed by atoms with Crippen LogP contribution in [0.2, 0.25) is 0 Å². The highest BCUT2D eigenvalue weighted by atomic mass is 31.2. The largest absolute Gasteiger partial charge is 0.472 e. The maximum Gasteiger partial charge on any atom is 0.472 e. The fraction of sp³-hybridized carbons (Fsp3) is 0.783. The molecule has 8 atom stereocenters. The number of aliphatic hydroxyl groups excluding tert-OH is 3. The Morgan fingerprint density at radius 2 is 0.868 bits per heavy atom. The lowest BCUT2D eigenvalue weighted by molar-refractivity contribution is -0.213. The second kappa shape index (κ2) is 37.8. The molecule has 0 aromatic heterocycles. The number of phosphoric ester groups is 3. The molecule has 0 aromatic rings. The minimum Gasteiger partial charge on any atom is -0.462 e. The van der Waals surface area contributed by atoms with Crippen molar-refractivity contribution in [2.45, 2.75) is 217 Å². The molecule has 1 aliphatic rings. The molecular weight excluding hydrogens is 949 g/mol. The van der Waals surface area contributed by atoms with Crippen molar-refractivity contribution >= 4 is 35.4 Å². The standard InChI is InChI=1S/C46H83O19P3/c1-3-5-7-9-11-13-15-17-19-20-21-23-25-27-29-31-33-35-40(48)62-38(36-60-39(47)34-32-30-28-26-24-22-18-16-14-12-10-8-6-4-2)37-61-68(58,59)65-44-41(49)42(50)45(63-66(52,53)54)46(43(44)51)64-67(55,56)57/h11,13,17,19,21,23,27,29,38,41-46,49-51H,3-10,12,14-16,18,20,22,24-26,28,30-37H2,1-2H3,(H,58,59)(H2,52,53,54)(H2,55,56,57)/b13-11-,19-17-,23-21-,29-27-/t38-,41-,42+,43+,44-,45-,46-/m1/s1. The number of carbonyl (C=O) groups excluding carboxylic acids is 2. The molecule has 19 nitrogen and oxygen atoms in total. The number of unbranched alkanes of at least 4 members (excludes halogenated alkanes) is 17. The first-order valence-electron chi connectivity index (χ1n) is 24.4. The average Bonchev–Trinajstić information content (AvgIpc) is 3.27. The highest BCUT2D eigenvalue weighted by molar-refractivity contribution is 7.47. The topological polar surface area (TPSA) is 303 Å². The molecule has 22 heteroatoms. The van der Waals surface area contributed by atoms with Crippen LogP contribution in [0.15, 0.2) is 48.6 Å². The third-order valence-electron chi connectivity index (χ3n) is 10.9. The van der Waals surface area contributed by atoms with Crippen LogP contribution in [0.4, 0.5) is 0 Å². The minimum absolute atomic E-state index is 0.0700. The number of hydrogen-bond acceptors (Lipinski definition) is 14. The highest BCUT2D eigenvalue weighted by Crippen LogP contribution is 2.51. The maximum atomic E-state index is 13.1. The van der Waals surface area contributed by atoms with Crippen molar-refractivity contribution in [3.05, 3.63) is 48.6 Å². The van der Waals surface area contributed by atoms with Gasteiger partial charge in [0.1, 0.15) is 43.2 Å². The summed E-state index contributed by atoms with van der Waals surface area (Å²) in [5, 5.41) is 31.9. The lowest BCUT2D eigenvalue weighted by Gasteiger charge is -2.44. The first-order chi connectivity index (χ1) is 32.3. The van der Waals surface area contributed by atoms with E-state index in [0.29, 0.717) is 25.7 Å². The SMILES string of the molecule is CCCCC/C=C\C/C=C\C/C=C\C/C=C\CCCC(=O)O[C@H](COC(=O)CCCCCCCCCCCCCCCC)COP(=O)(O)O[C@@H]1[C@H](O)[C@H](O)[C@@H](OP(=O)(O)O)[C@H](OP(=O)(O)O)[C@H]1O. The molecule has 396 valence electrons. The number of aliphatic hydroxyl groups is 3. The maximum absolute atomic E-state index is 13.1. The van der Waals surface area contributed by atoms with Crippen molar-refractivity contribution < 1.29 is 90.6 Å². The second-order valence-electron chi connectivity index (χ2n) is 17.0. The summed E-state index contributed by atoms with van der Waals surface area (Å²) < 4.78 is 65.4. The lowest BCUT2D eigenvalue weighted by Crippen LogP contribution is -2.65. The Morgan fingerprint density at radius 1 is 0.471 bits per heavy atom. The first-order valence-corrected chi connectivity index (χ1v) is 29.0. The van der Waals surface area contributed by atoms with Crippen LogP contribution in [0.25, 0.3) is 0 Å². The van der Waals surface area contributed by atoms with Crippen molar-refractivity contribution in [2.75, 3.05) is 13.2 Å². The van der Waals surface area contributed by atoms with E-state index in [1.165, 1.54) is 77.0 Å². The molecule has 1 rings (SSSR count). The van der Waals surface area contributed by atoms with Gasteiger partial charge in [0, 0.05) is 12.8 Å². The van der Waals surface area contributed by atoms with Gasteiger partial charge in [-0.1, -0.05) is 159 Å². The van der Waals surface area contributed by atoms with Crippen LogP contribution in [-0.2, 0) is 50.9 Å². The van der Waals surface area contributed by atoms with Gasteiger partial charge in [-0.25, -0.2) is 13.7 Å². The average molecular weight is 1030 g/mol. The van der Waals surface area contributed by atoms with Gasteiger partial charge in [-0.05, 0) is 51.4 Å². The zero-order valence-corrected chi connectivity index (χ0v) is 42.8. The Bertz CT molecular complexity index is 1610. The normalized spacial score (nSPS) is 21.9. The Morgan fingerprint density at radius 3 is 1.35 bits per heavy atom. The molecule has 1 fully saturated rings. The third kappa shape index (κ3) is 33.7. The predicted molar refractivity (Wildman–Crippen MR) is 257 cm³/mol. The molecule has 68 heavy (non-hydrogen) atoms. The number of allylic oxidation sites excluding steroid dienone is 8. The van der Waals surface area contributed by atoms with Crippen molar-refractivity contribution in [1.82, 2.24) is 0 Å². The Kier molecular flexibility index (Phi) is 35.7. The smallest absolute Gasteiger partial charge is 0.462 e. The van der Waals surface area contributed by atoms with Gasteiger partial charge in [0.2, 0.25) is 0 Å². The summed E-state index contributed by atoms with van der Waals surface area (Å²) in [6, 6.07) is 0. The monoisotopic (exact) mass is 1030 g/mol. The fourth-order valence-corrected chi connectivity index (χ4v) is 9.32. The summed E-state index contributed by atoms with van der Waals surface area (Å²) in [5.74, 6) is -1.36. The molecule has 0 radical (unpaired) electrons. The van der Waals surface area contributed by atoms with E-state index in [2.05, 4.69) is 53.3 Å². The summed E-state index contributed by atoms with van der Waals surface area (Å²) in [6.45, 7) is 2.88. The van der Waals surface area contributed by atoms with Crippen LogP contribution in [0.3, 0.4) is 0 Å². The van der Waals surface area contributed by atoms with E-state index in [-0.39, 0.29) is 12.8 Å².